The summed E-state index contributed by atoms with van der Waals surface area (Å²) in [6, 6.07) is 7.49. The average Bonchev–Trinajstić information content (AvgIpc) is 2.82. The fourth-order valence-corrected chi connectivity index (χ4v) is 2.68. The molecule has 0 aliphatic carbocycles. The lowest BCUT2D eigenvalue weighted by Crippen LogP contribution is -2.30. The van der Waals surface area contributed by atoms with Crippen LogP contribution >= 0.6 is 22.9 Å². The fourth-order valence-electron chi connectivity index (χ4n) is 1.59. The maximum Gasteiger partial charge on any atom is 0.471 e. The molecule has 0 radical (unpaired) electrons. The second kappa shape index (κ2) is 5.98. The molecule has 0 fully saturated rings. The molecule has 116 valence electrons. The number of aromatic carboxylic acids is 1. The third kappa shape index (κ3) is 3.58. The van der Waals surface area contributed by atoms with E-state index in [4.69, 9.17) is 16.7 Å². The van der Waals surface area contributed by atoms with Gasteiger partial charge in [-0.05, 0) is 23.8 Å². The van der Waals surface area contributed by atoms with Crippen LogP contribution in [0, 0.1) is 0 Å². The maximum absolute atomic E-state index is 12.3. The van der Waals surface area contributed by atoms with Crippen molar-refractivity contribution < 1.29 is 27.9 Å². The van der Waals surface area contributed by atoms with Gasteiger partial charge in [0.1, 0.15) is 4.88 Å². The molecule has 9 heteroatoms. The Labute approximate surface area is 131 Å². The monoisotopic (exact) mass is 349 g/mol. The molecule has 0 spiro atoms. The highest BCUT2D eigenvalue weighted by atomic mass is 35.5. The van der Waals surface area contributed by atoms with E-state index < -0.39 is 23.7 Å². The van der Waals surface area contributed by atoms with Gasteiger partial charge in [0, 0.05) is 9.90 Å². The standard InChI is InChI=1S/C13H7ClF3NO3S/c14-7-3-1-6(2-4-7)9-5-8(10(22-9)11(19)20)18-12(21)13(15,16)17/h1-5H,(H,18,21)(H,19,20). The number of rotatable bonds is 3. The Kier molecular flexibility index (Phi) is 4.43. The smallest absolute Gasteiger partial charge is 0.471 e. The van der Waals surface area contributed by atoms with Gasteiger partial charge in [0.2, 0.25) is 0 Å². The van der Waals surface area contributed by atoms with Crippen molar-refractivity contribution in [3.63, 3.8) is 0 Å². The summed E-state index contributed by atoms with van der Waals surface area (Å²) in [4.78, 5) is 22.1. The van der Waals surface area contributed by atoms with Crippen molar-refractivity contribution in [1.29, 1.82) is 0 Å². The number of carbonyl (C=O) groups is 2. The molecule has 4 nitrogen and oxygen atoms in total. The molecule has 22 heavy (non-hydrogen) atoms. The molecule has 0 saturated carbocycles. The minimum absolute atomic E-state index is 0.387. The van der Waals surface area contributed by atoms with Gasteiger partial charge in [-0.25, -0.2) is 4.79 Å². The van der Waals surface area contributed by atoms with E-state index >= 15 is 0 Å². The van der Waals surface area contributed by atoms with E-state index in [1.165, 1.54) is 6.07 Å². The number of anilines is 1. The van der Waals surface area contributed by atoms with Crippen LogP contribution in [0.4, 0.5) is 18.9 Å². The van der Waals surface area contributed by atoms with E-state index in [-0.39, 0.29) is 4.88 Å². The number of carboxylic acid groups (broad SMARTS) is 1. The first-order valence-corrected chi connectivity index (χ1v) is 6.89. The zero-order chi connectivity index (χ0) is 16.5. The van der Waals surface area contributed by atoms with Crippen molar-refractivity contribution in [2.45, 2.75) is 6.18 Å². The summed E-state index contributed by atoms with van der Waals surface area (Å²) in [5.41, 5.74) is 0.175. The molecule has 2 rings (SSSR count). The summed E-state index contributed by atoms with van der Waals surface area (Å²) in [6.07, 6.45) is -5.10. The van der Waals surface area contributed by atoms with Crippen LogP contribution in [0.15, 0.2) is 30.3 Å². The number of thiophene rings is 1. The topological polar surface area (TPSA) is 66.4 Å². The fraction of sp³-hybridized carbons (Fsp3) is 0.0769. The molecule has 0 saturated heterocycles. The van der Waals surface area contributed by atoms with Gasteiger partial charge < -0.3 is 10.4 Å². The van der Waals surface area contributed by atoms with Crippen molar-refractivity contribution in [2.75, 3.05) is 5.32 Å². The summed E-state index contributed by atoms with van der Waals surface area (Å²) >= 11 is 6.49. The van der Waals surface area contributed by atoms with Crippen molar-refractivity contribution in [3.8, 4) is 10.4 Å². The molecular weight excluding hydrogens is 343 g/mol. The average molecular weight is 350 g/mol. The van der Waals surface area contributed by atoms with Crippen molar-refractivity contribution >= 4 is 40.5 Å². The Balaban J connectivity index is 2.40. The van der Waals surface area contributed by atoms with Crippen LogP contribution in [0.3, 0.4) is 0 Å². The van der Waals surface area contributed by atoms with Crippen LogP contribution in [0.1, 0.15) is 9.67 Å². The first-order chi connectivity index (χ1) is 10.2. The highest BCUT2D eigenvalue weighted by Gasteiger charge is 2.39. The first-order valence-electron chi connectivity index (χ1n) is 5.69. The molecule has 0 aliphatic heterocycles. The molecule has 1 heterocycles. The Morgan fingerprint density at radius 3 is 2.27 bits per heavy atom. The van der Waals surface area contributed by atoms with Gasteiger partial charge in [0.05, 0.1) is 5.69 Å². The largest absolute Gasteiger partial charge is 0.477 e. The normalized spacial score (nSPS) is 11.3. The third-order valence-corrected chi connectivity index (χ3v) is 3.98. The molecule has 2 aromatic rings. The summed E-state index contributed by atoms with van der Waals surface area (Å²) < 4.78 is 36.8. The van der Waals surface area contributed by atoms with E-state index in [9.17, 15) is 22.8 Å². The van der Waals surface area contributed by atoms with Gasteiger partial charge in [-0.3, -0.25) is 4.79 Å². The molecular formula is C13H7ClF3NO3S. The maximum atomic E-state index is 12.3. The van der Waals surface area contributed by atoms with E-state index in [0.717, 1.165) is 11.3 Å². The number of carbonyl (C=O) groups excluding carboxylic acids is 1. The van der Waals surface area contributed by atoms with Crippen LogP contribution in [0.2, 0.25) is 5.02 Å². The van der Waals surface area contributed by atoms with E-state index in [2.05, 4.69) is 0 Å². The summed E-state index contributed by atoms with van der Waals surface area (Å²) in [6.45, 7) is 0. The van der Waals surface area contributed by atoms with E-state index in [1.807, 2.05) is 0 Å². The molecule has 1 aromatic heterocycles. The number of hydrogen-bond acceptors (Lipinski definition) is 3. The van der Waals surface area contributed by atoms with Crippen LogP contribution in [0.5, 0.6) is 0 Å². The molecule has 0 aliphatic rings. The Bertz CT molecular complexity index is 725. The third-order valence-electron chi connectivity index (χ3n) is 2.56. The molecule has 2 N–H and O–H groups in total. The van der Waals surface area contributed by atoms with Gasteiger partial charge >= 0.3 is 18.1 Å². The SMILES string of the molecule is O=C(O)c1sc(-c2ccc(Cl)cc2)cc1NC(=O)C(F)(F)F. The van der Waals surface area contributed by atoms with E-state index in [0.29, 0.717) is 15.5 Å². The number of alkyl halides is 3. The lowest BCUT2D eigenvalue weighted by atomic mass is 10.2. The predicted molar refractivity (Wildman–Crippen MR) is 76.4 cm³/mol. The second-order valence-electron chi connectivity index (χ2n) is 4.12. The van der Waals surface area contributed by atoms with E-state index in [1.54, 1.807) is 29.6 Å². The lowest BCUT2D eigenvalue weighted by molar-refractivity contribution is -0.167. The quantitative estimate of drug-likeness (QED) is 0.869. The van der Waals surface area contributed by atoms with Gasteiger partial charge in [-0.2, -0.15) is 13.2 Å². The number of carboxylic acids is 1. The predicted octanol–water partition coefficient (Wildman–Crippen LogP) is 4.27. The molecule has 0 atom stereocenters. The lowest BCUT2D eigenvalue weighted by Gasteiger charge is -2.06. The zero-order valence-electron chi connectivity index (χ0n) is 10.6. The van der Waals surface area contributed by atoms with Crippen LogP contribution < -0.4 is 5.32 Å². The Morgan fingerprint density at radius 2 is 1.77 bits per heavy atom. The first kappa shape index (κ1) is 16.3. The number of amides is 1. The summed E-state index contributed by atoms with van der Waals surface area (Å²) in [5, 5.41) is 11.1. The van der Waals surface area contributed by atoms with Crippen LogP contribution in [-0.4, -0.2) is 23.2 Å². The molecule has 0 unspecified atom stereocenters. The number of nitrogens with one attached hydrogen (secondary N) is 1. The second-order valence-corrected chi connectivity index (χ2v) is 5.61. The summed E-state index contributed by atoms with van der Waals surface area (Å²) in [7, 11) is 0. The van der Waals surface area contributed by atoms with Crippen molar-refractivity contribution in [3.05, 3.63) is 40.2 Å². The van der Waals surface area contributed by atoms with Gasteiger partial charge in [-0.1, -0.05) is 23.7 Å². The minimum atomic E-state index is -5.10. The minimum Gasteiger partial charge on any atom is -0.477 e. The highest BCUT2D eigenvalue weighted by molar-refractivity contribution is 7.18. The van der Waals surface area contributed by atoms with Gasteiger partial charge in [-0.15, -0.1) is 11.3 Å². The Morgan fingerprint density at radius 1 is 1.18 bits per heavy atom. The van der Waals surface area contributed by atoms with Gasteiger partial charge in [0.25, 0.3) is 0 Å². The molecule has 1 aromatic carbocycles. The van der Waals surface area contributed by atoms with Crippen LogP contribution in [0.25, 0.3) is 10.4 Å². The number of benzene rings is 1. The number of halogens is 4. The Hall–Kier alpha value is -2.06. The van der Waals surface area contributed by atoms with Crippen LogP contribution in [-0.2, 0) is 4.79 Å². The number of hydrogen-bond donors (Lipinski definition) is 2. The van der Waals surface area contributed by atoms with Crippen molar-refractivity contribution in [1.82, 2.24) is 0 Å². The summed E-state index contributed by atoms with van der Waals surface area (Å²) in [5.74, 6) is -3.65. The molecule has 0 bridgehead atoms. The molecule has 1 amide bonds. The zero-order valence-corrected chi connectivity index (χ0v) is 12.1. The van der Waals surface area contributed by atoms with Gasteiger partial charge in [0.15, 0.2) is 0 Å². The van der Waals surface area contributed by atoms with Crippen molar-refractivity contribution in [2.24, 2.45) is 0 Å². The highest BCUT2D eigenvalue weighted by Crippen LogP contribution is 2.36.